The quantitative estimate of drug-likeness (QED) is 0.767. The largest absolute Gasteiger partial charge is 0.393 e. The van der Waals surface area contributed by atoms with E-state index in [1.807, 2.05) is 31.2 Å². The molecule has 3 N–H and O–H groups in total. The summed E-state index contributed by atoms with van der Waals surface area (Å²) in [7, 11) is 0. The molecule has 1 aromatic carbocycles. The predicted octanol–water partition coefficient (Wildman–Crippen LogP) is 1.86. The molecule has 0 aliphatic carbocycles. The summed E-state index contributed by atoms with van der Waals surface area (Å²) < 4.78 is 0. The first-order valence-electron chi connectivity index (χ1n) is 4.67. The molecule has 0 radical (unpaired) electrons. The molecule has 1 rings (SSSR count). The third-order valence-corrected chi connectivity index (χ3v) is 2.49. The van der Waals surface area contributed by atoms with Crippen molar-refractivity contribution >= 4 is 28.8 Å². The van der Waals surface area contributed by atoms with Crippen LogP contribution in [0.4, 0.5) is 5.69 Å². The van der Waals surface area contributed by atoms with E-state index in [0.717, 1.165) is 11.3 Å². The van der Waals surface area contributed by atoms with Gasteiger partial charge in [-0.1, -0.05) is 29.9 Å². The fourth-order valence-electron chi connectivity index (χ4n) is 1.02. The van der Waals surface area contributed by atoms with Crippen LogP contribution in [0, 0.1) is 12.8 Å². The van der Waals surface area contributed by atoms with Crippen LogP contribution in [0.25, 0.3) is 0 Å². The molecular weight excluding hydrogens is 208 g/mol. The van der Waals surface area contributed by atoms with Gasteiger partial charge in [-0.25, -0.2) is 0 Å². The van der Waals surface area contributed by atoms with Crippen LogP contribution >= 0.6 is 12.2 Å². The summed E-state index contributed by atoms with van der Waals surface area (Å²) in [5.41, 5.74) is 7.29. The van der Waals surface area contributed by atoms with Crippen molar-refractivity contribution in [2.75, 3.05) is 5.32 Å². The molecule has 15 heavy (non-hydrogen) atoms. The standard InChI is InChI=1S/C11H14N2OS/c1-7-3-5-9(6-4-7)13-11(14)8(2)10(12)15/h3-6,8H,1-2H3,(H2,12,15)(H,13,14). The minimum absolute atomic E-state index is 0.175. The molecule has 1 unspecified atom stereocenters. The van der Waals surface area contributed by atoms with Crippen LogP contribution in [-0.4, -0.2) is 10.9 Å². The van der Waals surface area contributed by atoms with Gasteiger partial charge in [0, 0.05) is 5.69 Å². The van der Waals surface area contributed by atoms with Crippen molar-refractivity contribution in [2.45, 2.75) is 13.8 Å². The van der Waals surface area contributed by atoms with E-state index in [0.29, 0.717) is 0 Å². The number of nitrogens with two attached hydrogens (primary N) is 1. The van der Waals surface area contributed by atoms with Crippen molar-refractivity contribution in [1.29, 1.82) is 0 Å². The summed E-state index contributed by atoms with van der Waals surface area (Å²) >= 11 is 4.75. The second-order valence-electron chi connectivity index (χ2n) is 3.48. The van der Waals surface area contributed by atoms with E-state index in [1.54, 1.807) is 6.92 Å². The van der Waals surface area contributed by atoms with Gasteiger partial charge >= 0.3 is 0 Å². The highest BCUT2D eigenvalue weighted by Gasteiger charge is 2.15. The Bertz CT molecular complexity index is 373. The van der Waals surface area contributed by atoms with E-state index in [-0.39, 0.29) is 10.9 Å². The van der Waals surface area contributed by atoms with Gasteiger partial charge in [-0.2, -0.15) is 0 Å². The van der Waals surface area contributed by atoms with Gasteiger partial charge in [0.05, 0.1) is 10.9 Å². The van der Waals surface area contributed by atoms with E-state index in [9.17, 15) is 4.79 Å². The minimum atomic E-state index is -0.443. The second-order valence-corrected chi connectivity index (χ2v) is 3.95. The highest BCUT2D eigenvalue weighted by atomic mass is 32.1. The van der Waals surface area contributed by atoms with Crippen molar-refractivity contribution in [2.24, 2.45) is 11.7 Å². The van der Waals surface area contributed by atoms with Crippen LogP contribution in [0.3, 0.4) is 0 Å². The summed E-state index contributed by atoms with van der Waals surface area (Å²) in [4.78, 5) is 11.8. The molecule has 0 fully saturated rings. The number of carbonyl (C=O) groups excluding carboxylic acids is 1. The van der Waals surface area contributed by atoms with Gasteiger partial charge in [0.25, 0.3) is 0 Å². The highest BCUT2D eigenvalue weighted by Crippen LogP contribution is 2.10. The van der Waals surface area contributed by atoms with Crippen LogP contribution in [0.2, 0.25) is 0 Å². The molecule has 1 atom stereocenters. The summed E-state index contributed by atoms with van der Waals surface area (Å²) in [5.74, 6) is -0.618. The molecule has 0 saturated carbocycles. The zero-order valence-corrected chi connectivity index (χ0v) is 9.60. The van der Waals surface area contributed by atoms with Crippen LogP contribution in [0.15, 0.2) is 24.3 Å². The van der Waals surface area contributed by atoms with Crippen LogP contribution in [0.1, 0.15) is 12.5 Å². The summed E-state index contributed by atoms with van der Waals surface area (Å²) in [5, 5.41) is 2.74. The maximum atomic E-state index is 11.6. The molecule has 1 aromatic rings. The van der Waals surface area contributed by atoms with E-state index in [4.69, 9.17) is 18.0 Å². The van der Waals surface area contributed by atoms with Gasteiger partial charge in [0.2, 0.25) is 5.91 Å². The molecule has 0 saturated heterocycles. The smallest absolute Gasteiger partial charge is 0.234 e. The second kappa shape index (κ2) is 4.89. The van der Waals surface area contributed by atoms with Crippen molar-refractivity contribution in [1.82, 2.24) is 0 Å². The van der Waals surface area contributed by atoms with Crippen molar-refractivity contribution in [3.63, 3.8) is 0 Å². The maximum absolute atomic E-state index is 11.6. The normalized spacial score (nSPS) is 11.9. The Morgan fingerprint density at radius 3 is 2.40 bits per heavy atom. The van der Waals surface area contributed by atoms with Crippen LogP contribution in [-0.2, 0) is 4.79 Å². The van der Waals surface area contributed by atoms with E-state index >= 15 is 0 Å². The van der Waals surface area contributed by atoms with E-state index in [2.05, 4.69) is 5.32 Å². The number of anilines is 1. The number of benzene rings is 1. The lowest BCUT2D eigenvalue weighted by Crippen LogP contribution is -2.30. The number of hydrogen-bond acceptors (Lipinski definition) is 2. The van der Waals surface area contributed by atoms with Crippen LogP contribution < -0.4 is 11.1 Å². The lowest BCUT2D eigenvalue weighted by molar-refractivity contribution is -0.117. The average Bonchev–Trinajstić information content (AvgIpc) is 2.20. The lowest BCUT2D eigenvalue weighted by Gasteiger charge is -2.10. The third-order valence-electron chi connectivity index (χ3n) is 2.14. The fraction of sp³-hybridized carbons (Fsp3) is 0.273. The summed E-state index contributed by atoms with van der Waals surface area (Å²) in [6, 6.07) is 7.56. The molecular formula is C11H14N2OS. The Hall–Kier alpha value is -1.42. The van der Waals surface area contributed by atoms with Gasteiger partial charge in [-0.3, -0.25) is 4.79 Å². The maximum Gasteiger partial charge on any atom is 0.234 e. The van der Waals surface area contributed by atoms with Gasteiger partial charge in [-0.05, 0) is 26.0 Å². The number of amides is 1. The lowest BCUT2D eigenvalue weighted by atomic mass is 10.1. The van der Waals surface area contributed by atoms with Crippen molar-refractivity contribution in [3.8, 4) is 0 Å². The van der Waals surface area contributed by atoms with Crippen molar-refractivity contribution < 1.29 is 4.79 Å². The summed E-state index contributed by atoms with van der Waals surface area (Å²) in [6.07, 6.45) is 0. The number of aryl methyl sites for hydroxylation is 1. The first-order valence-corrected chi connectivity index (χ1v) is 5.08. The predicted molar refractivity (Wildman–Crippen MR) is 65.8 cm³/mol. The molecule has 3 nitrogen and oxygen atoms in total. The van der Waals surface area contributed by atoms with Crippen molar-refractivity contribution in [3.05, 3.63) is 29.8 Å². The minimum Gasteiger partial charge on any atom is -0.393 e. The zero-order valence-electron chi connectivity index (χ0n) is 8.78. The monoisotopic (exact) mass is 222 g/mol. The Labute approximate surface area is 94.7 Å². The molecule has 4 heteroatoms. The Morgan fingerprint density at radius 1 is 1.40 bits per heavy atom. The number of rotatable bonds is 3. The molecule has 1 amide bonds. The van der Waals surface area contributed by atoms with Gasteiger partial charge in [0.1, 0.15) is 0 Å². The molecule has 0 aromatic heterocycles. The third kappa shape index (κ3) is 3.32. The fourth-order valence-corrected chi connectivity index (χ4v) is 1.12. The molecule has 0 bridgehead atoms. The molecule has 80 valence electrons. The number of nitrogens with one attached hydrogen (secondary N) is 1. The molecule has 0 heterocycles. The SMILES string of the molecule is Cc1ccc(NC(=O)C(C)C(N)=S)cc1. The van der Waals surface area contributed by atoms with E-state index in [1.165, 1.54) is 0 Å². The Morgan fingerprint density at radius 2 is 1.93 bits per heavy atom. The van der Waals surface area contributed by atoms with Gasteiger partial charge in [0.15, 0.2) is 0 Å². The first kappa shape index (κ1) is 11.7. The van der Waals surface area contributed by atoms with Gasteiger partial charge < -0.3 is 11.1 Å². The number of thiocarbonyl (C=S) groups is 1. The molecule has 0 spiro atoms. The zero-order chi connectivity index (χ0) is 11.4. The first-order chi connectivity index (χ1) is 7.00. The Balaban J connectivity index is 2.66. The number of hydrogen-bond donors (Lipinski definition) is 2. The molecule has 0 aliphatic rings. The average molecular weight is 222 g/mol. The molecule has 0 aliphatic heterocycles. The Kier molecular flexibility index (Phi) is 3.80. The van der Waals surface area contributed by atoms with Gasteiger partial charge in [-0.15, -0.1) is 0 Å². The van der Waals surface area contributed by atoms with E-state index < -0.39 is 5.92 Å². The van der Waals surface area contributed by atoms with Crippen LogP contribution in [0.5, 0.6) is 0 Å². The number of carbonyl (C=O) groups is 1. The topological polar surface area (TPSA) is 55.1 Å². The summed E-state index contributed by atoms with van der Waals surface area (Å²) in [6.45, 7) is 3.68. The highest BCUT2D eigenvalue weighted by molar-refractivity contribution is 7.80.